The Bertz CT molecular complexity index is 763. The predicted octanol–water partition coefficient (Wildman–Crippen LogP) is 2.23. The van der Waals surface area contributed by atoms with Gasteiger partial charge < -0.3 is 9.51 Å². The van der Waals surface area contributed by atoms with Crippen LogP contribution in [0.1, 0.15) is 54.9 Å². The molecule has 0 saturated heterocycles. The summed E-state index contributed by atoms with van der Waals surface area (Å²) in [6.45, 7) is 12.3. The first kappa shape index (κ1) is 15.9. The van der Waals surface area contributed by atoms with Gasteiger partial charge >= 0.3 is 0 Å². The summed E-state index contributed by atoms with van der Waals surface area (Å²) in [7, 11) is 0. The van der Waals surface area contributed by atoms with Crippen LogP contribution in [-0.2, 0) is 24.9 Å². The molecule has 0 aromatic carbocycles. The second-order valence-electron chi connectivity index (χ2n) is 7.35. The lowest BCUT2D eigenvalue weighted by molar-refractivity contribution is 0.239. The molecule has 0 spiro atoms. The van der Waals surface area contributed by atoms with Gasteiger partial charge in [0, 0.05) is 37.0 Å². The second-order valence-corrected chi connectivity index (χ2v) is 7.35. The van der Waals surface area contributed by atoms with E-state index < -0.39 is 0 Å². The van der Waals surface area contributed by atoms with E-state index >= 15 is 0 Å². The molecule has 0 saturated carbocycles. The standard InChI is InChI=1S/C17H24N4O2/c1-10-12(11(2)23-20-10)8-21-7-6-14-13(9-21)15(22)19-16(18-14)17(3,4)5/h6-9H2,1-5H3,(H,18,19,22). The Morgan fingerprint density at radius 2 is 2.04 bits per heavy atom. The summed E-state index contributed by atoms with van der Waals surface area (Å²) in [5, 5.41) is 4.00. The van der Waals surface area contributed by atoms with Crippen LogP contribution in [0.3, 0.4) is 0 Å². The van der Waals surface area contributed by atoms with Gasteiger partial charge in [0.05, 0.1) is 17.0 Å². The van der Waals surface area contributed by atoms with Crippen molar-refractivity contribution in [2.45, 2.75) is 59.5 Å². The normalized spacial score (nSPS) is 15.7. The Hall–Kier alpha value is -1.95. The fourth-order valence-electron chi connectivity index (χ4n) is 2.92. The highest BCUT2D eigenvalue weighted by atomic mass is 16.5. The van der Waals surface area contributed by atoms with Gasteiger partial charge in [0.15, 0.2) is 0 Å². The number of nitrogens with one attached hydrogen (secondary N) is 1. The van der Waals surface area contributed by atoms with Crippen molar-refractivity contribution in [3.8, 4) is 0 Å². The monoisotopic (exact) mass is 316 g/mol. The van der Waals surface area contributed by atoms with Crippen LogP contribution >= 0.6 is 0 Å². The molecular weight excluding hydrogens is 292 g/mol. The Labute approximate surface area is 135 Å². The molecule has 1 aliphatic rings. The van der Waals surface area contributed by atoms with E-state index in [0.29, 0.717) is 6.54 Å². The minimum Gasteiger partial charge on any atom is -0.361 e. The summed E-state index contributed by atoms with van der Waals surface area (Å²) in [6, 6.07) is 0. The molecule has 0 aliphatic carbocycles. The maximum Gasteiger partial charge on any atom is 0.255 e. The van der Waals surface area contributed by atoms with Gasteiger partial charge in [-0.2, -0.15) is 0 Å². The zero-order valence-corrected chi connectivity index (χ0v) is 14.5. The molecule has 1 aliphatic heterocycles. The number of aryl methyl sites for hydroxylation is 2. The summed E-state index contributed by atoms with van der Waals surface area (Å²) in [6.07, 6.45) is 0.797. The molecule has 3 rings (SSSR count). The largest absolute Gasteiger partial charge is 0.361 e. The molecule has 6 heteroatoms. The van der Waals surface area contributed by atoms with Crippen LogP contribution in [0, 0.1) is 13.8 Å². The van der Waals surface area contributed by atoms with E-state index in [1.54, 1.807) is 0 Å². The second kappa shape index (κ2) is 5.60. The van der Waals surface area contributed by atoms with Crippen molar-refractivity contribution >= 4 is 0 Å². The molecule has 23 heavy (non-hydrogen) atoms. The number of nitrogens with zero attached hydrogens (tertiary/aromatic N) is 3. The highest BCUT2D eigenvalue weighted by Crippen LogP contribution is 2.22. The fraction of sp³-hybridized carbons (Fsp3) is 0.588. The summed E-state index contributed by atoms with van der Waals surface area (Å²) in [4.78, 5) is 22.4. The maximum atomic E-state index is 12.5. The van der Waals surface area contributed by atoms with E-state index in [2.05, 4.69) is 35.8 Å². The van der Waals surface area contributed by atoms with E-state index in [0.717, 1.165) is 53.6 Å². The van der Waals surface area contributed by atoms with Crippen LogP contribution in [0.25, 0.3) is 0 Å². The van der Waals surface area contributed by atoms with E-state index in [1.807, 2.05) is 13.8 Å². The van der Waals surface area contributed by atoms with Crippen LogP contribution in [0.15, 0.2) is 9.32 Å². The van der Waals surface area contributed by atoms with Crippen LogP contribution in [-0.4, -0.2) is 26.6 Å². The van der Waals surface area contributed by atoms with Gasteiger partial charge in [0.25, 0.3) is 5.56 Å². The predicted molar refractivity (Wildman–Crippen MR) is 87.4 cm³/mol. The first-order chi connectivity index (χ1) is 10.8. The molecule has 6 nitrogen and oxygen atoms in total. The summed E-state index contributed by atoms with van der Waals surface area (Å²) < 4.78 is 5.23. The van der Waals surface area contributed by atoms with E-state index in [1.165, 1.54) is 0 Å². The molecule has 0 radical (unpaired) electrons. The molecule has 1 N–H and O–H groups in total. The minimum atomic E-state index is -0.151. The van der Waals surface area contributed by atoms with E-state index in [4.69, 9.17) is 9.51 Å². The van der Waals surface area contributed by atoms with Crippen LogP contribution < -0.4 is 5.56 Å². The van der Waals surface area contributed by atoms with Crippen molar-refractivity contribution in [2.24, 2.45) is 0 Å². The number of aromatic amines is 1. The highest BCUT2D eigenvalue weighted by Gasteiger charge is 2.25. The van der Waals surface area contributed by atoms with Crippen molar-refractivity contribution in [1.82, 2.24) is 20.0 Å². The Kier molecular flexibility index (Phi) is 3.88. The number of rotatable bonds is 2. The van der Waals surface area contributed by atoms with E-state index in [9.17, 15) is 4.79 Å². The molecule has 0 atom stereocenters. The maximum absolute atomic E-state index is 12.5. The molecule has 0 amide bonds. The molecule has 124 valence electrons. The Morgan fingerprint density at radius 3 is 2.65 bits per heavy atom. The van der Waals surface area contributed by atoms with Crippen LogP contribution in [0.2, 0.25) is 0 Å². The van der Waals surface area contributed by atoms with Gasteiger partial charge in [-0.05, 0) is 13.8 Å². The summed E-state index contributed by atoms with van der Waals surface area (Å²) in [5.41, 5.74) is 3.60. The van der Waals surface area contributed by atoms with Crippen molar-refractivity contribution in [3.05, 3.63) is 44.5 Å². The molecule has 0 fully saturated rings. The minimum absolute atomic E-state index is 0.0108. The first-order valence-corrected chi connectivity index (χ1v) is 8.02. The van der Waals surface area contributed by atoms with Crippen molar-refractivity contribution < 1.29 is 4.52 Å². The SMILES string of the molecule is Cc1noc(C)c1CN1CCc2nc(C(C)(C)C)[nH]c(=O)c2C1. The smallest absolute Gasteiger partial charge is 0.255 e. The van der Waals surface area contributed by atoms with Crippen molar-refractivity contribution in [3.63, 3.8) is 0 Å². The Morgan fingerprint density at radius 1 is 1.30 bits per heavy atom. The van der Waals surface area contributed by atoms with Crippen LogP contribution in [0.5, 0.6) is 0 Å². The fourth-order valence-corrected chi connectivity index (χ4v) is 2.92. The zero-order valence-electron chi connectivity index (χ0n) is 14.5. The van der Waals surface area contributed by atoms with Gasteiger partial charge in [-0.25, -0.2) is 4.98 Å². The summed E-state index contributed by atoms with van der Waals surface area (Å²) in [5.74, 6) is 1.61. The average molecular weight is 316 g/mol. The number of aromatic nitrogens is 3. The van der Waals surface area contributed by atoms with Crippen LogP contribution in [0.4, 0.5) is 0 Å². The molecule has 3 heterocycles. The van der Waals surface area contributed by atoms with Crippen molar-refractivity contribution in [1.29, 1.82) is 0 Å². The lowest BCUT2D eigenvalue weighted by atomic mass is 9.95. The Balaban J connectivity index is 1.86. The zero-order chi connectivity index (χ0) is 16.8. The highest BCUT2D eigenvalue weighted by molar-refractivity contribution is 5.25. The van der Waals surface area contributed by atoms with Gasteiger partial charge in [0.1, 0.15) is 11.6 Å². The molecular formula is C17H24N4O2. The lowest BCUT2D eigenvalue weighted by Crippen LogP contribution is -2.37. The third-order valence-corrected chi connectivity index (χ3v) is 4.42. The number of hydrogen-bond donors (Lipinski definition) is 1. The third kappa shape index (κ3) is 3.08. The average Bonchev–Trinajstić information content (AvgIpc) is 2.78. The van der Waals surface area contributed by atoms with Crippen molar-refractivity contribution in [2.75, 3.05) is 6.54 Å². The van der Waals surface area contributed by atoms with Gasteiger partial charge in [-0.15, -0.1) is 0 Å². The quantitative estimate of drug-likeness (QED) is 0.919. The molecule has 2 aromatic heterocycles. The topological polar surface area (TPSA) is 75.0 Å². The first-order valence-electron chi connectivity index (χ1n) is 8.02. The van der Waals surface area contributed by atoms with E-state index in [-0.39, 0.29) is 11.0 Å². The van der Waals surface area contributed by atoms with Gasteiger partial charge in [-0.1, -0.05) is 25.9 Å². The summed E-state index contributed by atoms with van der Waals surface area (Å²) >= 11 is 0. The number of hydrogen-bond acceptors (Lipinski definition) is 5. The molecule has 0 unspecified atom stereocenters. The lowest BCUT2D eigenvalue weighted by Gasteiger charge is -2.28. The van der Waals surface area contributed by atoms with Gasteiger partial charge in [-0.3, -0.25) is 9.69 Å². The molecule has 2 aromatic rings. The van der Waals surface area contributed by atoms with Gasteiger partial charge in [0.2, 0.25) is 0 Å². The third-order valence-electron chi connectivity index (χ3n) is 4.42. The molecule has 0 bridgehead atoms. The number of H-pyrrole nitrogens is 1. The number of fused-ring (bicyclic) bond motifs is 1.